The summed E-state index contributed by atoms with van der Waals surface area (Å²) in [5, 5.41) is 0.416. The van der Waals surface area contributed by atoms with Crippen molar-refractivity contribution in [1.82, 2.24) is 5.43 Å². The molecule has 2 atom stereocenters. The zero-order chi connectivity index (χ0) is 14.4. The summed E-state index contributed by atoms with van der Waals surface area (Å²) in [7, 11) is 0. The van der Waals surface area contributed by atoms with E-state index < -0.39 is 0 Å². The van der Waals surface area contributed by atoms with Crippen molar-refractivity contribution >= 4 is 11.6 Å². The van der Waals surface area contributed by atoms with Gasteiger partial charge in [0.15, 0.2) is 0 Å². The highest BCUT2D eigenvalue weighted by molar-refractivity contribution is 6.31. The van der Waals surface area contributed by atoms with Crippen LogP contribution in [0.1, 0.15) is 26.3 Å². The molecular weight excluding hydrogens is 267 g/mol. The predicted octanol–water partition coefficient (Wildman–Crippen LogP) is 2.91. The van der Waals surface area contributed by atoms with Crippen LogP contribution in [0.25, 0.3) is 0 Å². The molecule has 0 aliphatic rings. The van der Waals surface area contributed by atoms with E-state index in [4.69, 9.17) is 22.2 Å². The van der Waals surface area contributed by atoms with Gasteiger partial charge in [0.05, 0.1) is 12.1 Å². The lowest BCUT2D eigenvalue weighted by Crippen LogP contribution is -2.49. The summed E-state index contributed by atoms with van der Waals surface area (Å²) in [5.41, 5.74) is 3.19. The van der Waals surface area contributed by atoms with Crippen LogP contribution in [0.5, 0.6) is 0 Å². The number of hydrazine groups is 1. The molecule has 1 aromatic carbocycles. The van der Waals surface area contributed by atoms with Gasteiger partial charge in [-0.3, -0.25) is 11.3 Å². The average molecular weight is 289 g/mol. The van der Waals surface area contributed by atoms with Gasteiger partial charge >= 0.3 is 0 Å². The standard InChI is InChI=1S/C14H22ClFN2O/c1-4-19-14(9(2)3)13(18-17)8-10-11(15)6-5-7-12(10)16/h5-7,9,13-14,18H,4,8,17H2,1-3H3. The van der Waals surface area contributed by atoms with Gasteiger partial charge in [0.2, 0.25) is 0 Å². The third kappa shape index (κ3) is 4.42. The SMILES string of the molecule is CCOC(C(C)C)C(Cc1c(F)cccc1Cl)NN. The zero-order valence-electron chi connectivity index (χ0n) is 11.6. The topological polar surface area (TPSA) is 47.3 Å². The first-order chi connectivity index (χ1) is 9.01. The van der Waals surface area contributed by atoms with Gasteiger partial charge in [-0.05, 0) is 31.4 Å². The first-order valence-electron chi connectivity index (χ1n) is 6.51. The number of ether oxygens (including phenoxy) is 1. The third-order valence-corrected chi connectivity index (χ3v) is 3.47. The van der Waals surface area contributed by atoms with Crippen LogP contribution < -0.4 is 11.3 Å². The normalized spacial score (nSPS) is 14.7. The molecule has 0 bridgehead atoms. The van der Waals surface area contributed by atoms with E-state index >= 15 is 0 Å². The fourth-order valence-corrected chi connectivity index (χ4v) is 2.42. The molecule has 0 aliphatic heterocycles. The molecule has 0 spiro atoms. The number of halogens is 2. The lowest BCUT2D eigenvalue weighted by Gasteiger charge is -2.29. The summed E-state index contributed by atoms with van der Waals surface area (Å²) in [6.45, 7) is 6.62. The van der Waals surface area contributed by atoms with Crippen molar-refractivity contribution in [2.75, 3.05) is 6.61 Å². The van der Waals surface area contributed by atoms with Gasteiger partial charge in [-0.25, -0.2) is 4.39 Å². The van der Waals surface area contributed by atoms with Gasteiger partial charge < -0.3 is 4.74 Å². The number of hydrogen-bond donors (Lipinski definition) is 2. The van der Waals surface area contributed by atoms with Crippen molar-refractivity contribution in [2.24, 2.45) is 11.8 Å². The Morgan fingerprint density at radius 3 is 2.58 bits per heavy atom. The summed E-state index contributed by atoms with van der Waals surface area (Å²) in [5.74, 6) is 5.55. The molecule has 0 aromatic heterocycles. The molecule has 3 nitrogen and oxygen atoms in total. The molecular formula is C14H22ClFN2O. The van der Waals surface area contributed by atoms with Crippen molar-refractivity contribution in [2.45, 2.75) is 39.3 Å². The zero-order valence-corrected chi connectivity index (χ0v) is 12.4. The monoisotopic (exact) mass is 288 g/mol. The van der Waals surface area contributed by atoms with Crippen LogP contribution in [0.4, 0.5) is 4.39 Å². The van der Waals surface area contributed by atoms with E-state index in [-0.39, 0.29) is 23.9 Å². The van der Waals surface area contributed by atoms with Crippen molar-refractivity contribution < 1.29 is 9.13 Å². The molecule has 108 valence electrons. The smallest absolute Gasteiger partial charge is 0.127 e. The Morgan fingerprint density at radius 2 is 2.11 bits per heavy atom. The third-order valence-electron chi connectivity index (χ3n) is 3.11. The Labute approximate surface area is 119 Å². The first kappa shape index (κ1) is 16.4. The Balaban J connectivity index is 2.91. The summed E-state index contributed by atoms with van der Waals surface area (Å²) < 4.78 is 19.5. The van der Waals surface area contributed by atoms with Crippen LogP contribution in [-0.4, -0.2) is 18.8 Å². The second-order valence-electron chi connectivity index (χ2n) is 4.84. The molecule has 0 saturated carbocycles. The van der Waals surface area contributed by atoms with E-state index in [1.165, 1.54) is 6.07 Å². The van der Waals surface area contributed by atoms with Gasteiger partial charge in [-0.2, -0.15) is 0 Å². The van der Waals surface area contributed by atoms with Gasteiger partial charge in [-0.1, -0.05) is 31.5 Å². The average Bonchev–Trinajstić information content (AvgIpc) is 2.36. The van der Waals surface area contributed by atoms with Crippen molar-refractivity contribution in [3.8, 4) is 0 Å². The minimum Gasteiger partial charge on any atom is -0.377 e. The molecule has 3 N–H and O–H groups in total. The highest BCUT2D eigenvalue weighted by Crippen LogP contribution is 2.23. The molecule has 1 rings (SSSR count). The van der Waals surface area contributed by atoms with E-state index in [1.54, 1.807) is 12.1 Å². The van der Waals surface area contributed by atoms with Crippen LogP contribution >= 0.6 is 11.6 Å². The summed E-state index contributed by atoms with van der Waals surface area (Å²) in [4.78, 5) is 0. The minimum absolute atomic E-state index is 0.0920. The van der Waals surface area contributed by atoms with E-state index in [0.29, 0.717) is 23.6 Å². The van der Waals surface area contributed by atoms with Gasteiger partial charge in [0, 0.05) is 17.2 Å². The second-order valence-corrected chi connectivity index (χ2v) is 5.25. The van der Waals surface area contributed by atoms with Crippen LogP contribution in [0.3, 0.4) is 0 Å². The Hall–Kier alpha value is -0.680. The Bertz CT molecular complexity index is 381. The minimum atomic E-state index is -0.313. The highest BCUT2D eigenvalue weighted by atomic mass is 35.5. The molecule has 0 saturated heterocycles. The summed E-state index contributed by atoms with van der Waals surface area (Å²) >= 11 is 6.04. The van der Waals surface area contributed by atoms with E-state index in [9.17, 15) is 4.39 Å². The van der Waals surface area contributed by atoms with Gasteiger partial charge in [0.1, 0.15) is 5.82 Å². The molecule has 0 amide bonds. The maximum Gasteiger partial charge on any atom is 0.127 e. The maximum absolute atomic E-state index is 13.8. The lowest BCUT2D eigenvalue weighted by atomic mass is 9.94. The first-order valence-corrected chi connectivity index (χ1v) is 6.89. The van der Waals surface area contributed by atoms with Crippen LogP contribution in [0.2, 0.25) is 5.02 Å². The van der Waals surface area contributed by atoms with Crippen molar-refractivity contribution in [3.05, 3.63) is 34.6 Å². The van der Waals surface area contributed by atoms with E-state index in [2.05, 4.69) is 5.43 Å². The fraction of sp³-hybridized carbons (Fsp3) is 0.571. The molecule has 2 unspecified atom stereocenters. The van der Waals surface area contributed by atoms with Crippen molar-refractivity contribution in [1.29, 1.82) is 0 Å². The number of hydrogen-bond acceptors (Lipinski definition) is 3. The molecule has 0 aliphatic carbocycles. The van der Waals surface area contributed by atoms with Crippen LogP contribution in [-0.2, 0) is 11.2 Å². The number of rotatable bonds is 7. The lowest BCUT2D eigenvalue weighted by molar-refractivity contribution is 0.00340. The largest absolute Gasteiger partial charge is 0.377 e. The van der Waals surface area contributed by atoms with Crippen LogP contribution in [0.15, 0.2) is 18.2 Å². The van der Waals surface area contributed by atoms with Gasteiger partial charge in [0.25, 0.3) is 0 Å². The molecule has 0 radical (unpaired) electrons. The molecule has 0 heterocycles. The van der Waals surface area contributed by atoms with Crippen molar-refractivity contribution in [3.63, 3.8) is 0 Å². The molecule has 5 heteroatoms. The quantitative estimate of drug-likeness (QED) is 0.599. The molecule has 19 heavy (non-hydrogen) atoms. The fourth-order valence-electron chi connectivity index (χ4n) is 2.18. The number of nitrogens with two attached hydrogens (primary N) is 1. The Kier molecular flexibility index (Phi) is 6.72. The van der Waals surface area contributed by atoms with Gasteiger partial charge in [-0.15, -0.1) is 0 Å². The second kappa shape index (κ2) is 7.80. The highest BCUT2D eigenvalue weighted by Gasteiger charge is 2.26. The number of nitrogens with one attached hydrogen (secondary N) is 1. The van der Waals surface area contributed by atoms with E-state index in [0.717, 1.165) is 0 Å². The maximum atomic E-state index is 13.8. The summed E-state index contributed by atoms with van der Waals surface area (Å²) in [6, 6.07) is 4.49. The van der Waals surface area contributed by atoms with Crippen LogP contribution in [0, 0.1) is 11.7 Å². The van der Waals surface area contributed by atoms with E-state index in [1.807, 2.05) is 20.8 Å². The molecule has 0 fully saturated rings. The molecule has 1 aromatic rings. The predicted molar refractivity (Wildman–Crippen MR) is 76.5 cm³/mol. The Morgan fingerprint density at radius 1 is 1.42 bits per heavy atom. The number of benzene rings is 1. The summed E-state index contributed by atoms with van der Waals surface area (Å²) in [6.07, 6.45) is 0.302.